The van der Waals surface area contributed by atoms with Crippen LogP contribution in [0.4, 0.5) is 0 Å². The first kappa shape index (κ1) is 20.2. The van der Waals surface area contributed by atoms with Crippen molar-refractivity contribution in [3.05, 3.63) is 0 Å². The molecular formula is C21H42N2O. The van der Waals surface area contributed by atoms with Crippen LogP contribution in [0.5, 0.6) is 0 Å². The van der Waals surface area contributed by atoms with E-state index in [1.807, 2.05) is 0 Å². The summed E-state index contributed by atoms with van der Waals surface area (Å²) in [6, 6.07) is 1.38. The summed E-state index contributed by atoms with van der Waals surface area (Å²) in [5, 5.41) is 0. The molecule has 0 bridgehead atoms. The summed E-state index contributed by atoms with van der Waals surface area (Å²) >= 11 is 0. The maximum absolute atomic E-state index is 6.14. The SMILES string of the molecule is CC(C)N(CC1CCN(C(C)(C)C)CC1)C1CC(OC(C)(C)C)C1. The van der Waals surface area contributed by atoms with Crippen molar-refractivity contribution >= 4 is 0 Å². The average Bonchev–Trinajstić information content (AvgIpc) is 2.38. The Labute approximate surface area is 151 Å². The fourth-order valence-corrected chi connectivity index (χ4v) is 4.27. The number of hydrogen-bond donors (Lipinski definition) is 0. The molecule has 3 heteroatoms. The van der Waals surface area contributed by atoms with Gasteiger partial charge in [-0.1, -0.05) is 0 Å². The monoisotopic (exact) mass is 338 g/mol. The topological polar surface area (TPSA) is 15.7 Å². The van der Waals surface area contributed by atoms with Crippen molar-refractivity contribution in [3.8, 4) is 0 Å². The van der Waals surface area contributed by atoms with E-state index in [0.717, 1.165) is 12.0 Å². The van der Waals surface area contributed by atoms with E-state index in [1.54, 1.807) is 0 Å². The van der Waals surface area contributed by atoms with Gasteiger partial charge in [0.05, 0.1) is 11.7 Å². The molecule has 0 unspecified atom stereocenters. The Bertz CT molecular complexity index is 380. The molecule has 0 radical (unpaired) electrons. The van der Waals surface area contributed by atoms with Crippen molar-refractivity contribution in [2.24, 2.45) is 5.92 Å². The molecule has 0 N–H and O–H groups in total. The largest absolute Gasteiger partial charge is 0.373 e. The van der Waals surface area contributed by atoms with Crippen molar-refractivity contribution in [1.29, 1.82) is 0 Å². The van der Waals surface area contributed by atoms with Crippen molar-refractivity contribution in [3.63, 3.8) is 0 Å². The van der Waals surface area contributed by atoms with Gasteiger partial charge in [0.25, 0.3) is 0 Å². The van der Waals surface area contributed by atoms with E-state index in [0.29, 0.717) is 17.7 Å². The molecule has 2 fully saturated rings. The Morgan fingerprint density at radius 2 is 1.54 bits per heavy atom. The van der Waals surface area contributed by atoms with Gasteiger partial charge in [0, 0.05) is 24.2 Å². The van der Waals surface area contributed by atoms with E-state index in [1.165, 1.54) is 45.3 Å². The smallest absolute Gasteiger partial charge is 0.0612 e. The molecule has 0 aromatic heterocycles. The van der Waals surface area contributed by atoms with Crippen molar-refractivity contribution in [2.45, 2.75) is 110 Å². The third-order valence-corrected chi connectivity index (χ3v) is 5.75. The number of ether oxygens (including phenoxy) is 1. The van der Waals surface area contributed by atoms with Gasteiger partial charge in [-0.2, -0.15) is 0 Å². The van der Waals surface area contributed by atoms with Crippen LogP contribution in [0.25, 0.3) is 0 Å². The summed E-state index contributed by atoms with van der Waals surface area (Å²) in [6.45, 7) is 22.1. The summed E-state index contributed by atoms with van der Waals surface area (Å²) in [6.07, 6.45) is 5.62. The van der Waals surface area contributed by atoms with Gasteiger partial charge < -0.3 is 4.74 Å². The molecule has 2 aliphatic rings. The lowest BCUT2D eigenvalue weighted by Gasteiger charge is -2.48. The fourth-order valence-electron chi connectivity index (χ4n) is 4.27. The standard InChI is InChI=1S/C21H42N2O/c1-16(2)23(18-13-19(14-18)24-21(6,7)8)15-17-9-11-22(12-10-17)20(3,4)5/h16-19H,9-15H2,1-8H3. The number of rotatable bonds is 5. The number of piperidine rings is 1. The minimum Gasteiger partial charge on any atom is -0.373 e. The van der Waals surface area contributed by atoms with Gasteiger partial charge >= 0.3 is 0 Å². The van der Waals surface area contributed by atoms with Crippen LogP contribution < -0.4 is 0 Å². The third kappa shape index (κ3) is 5.71. The predicted molar refractivity (Wildman–Crippen MR) is 104 cm³/mol. The van der Waals surface area contributed by atoms with E-state index in [4.69, 9.17) is 4.74 Å². The van der Waals surface area contributed by atoms with E-state index >= 15 is 0 Å². The van der Waals surface area contributed by atoms with Crippen molar-refractivity contribution < 1.29 is 4.74 Å². The molecule has 0 amide bonds. The van der Waals surface area contributed by atoms with Crippen LogP contribution in [-0.2, 0) is 4.74 Å². The van der Waals surface area contributed by atoms with Gasteiger partial charge in [-0.15, -0.1) is 0 Å². The van der Waals surface area contributed by atoms with Gasteiger partial charge in [-0.05, 0) is 100 Å². The molecule has 0 aromatic rings. The summed E-state index contributed by atoms with van der Waals surface area (Å²) in [4.78, 5) is 5.42. The lowest BCUT2D eigenvalue weighted by Crippen LogP contribution is -2.54. The van der Waals surface area contributed by atoms with Crippen LogP contribution in [0.1, 0.15) is 81.1 Å². The van der Waals surface area contributed by atoms with Gasteiger partial charge in [0.1, 0.15) is 0 Å². The Kier molecular flexibility index (Phi) is 6.42. The first-order chi connectivity index (χ1) is 11.0. The van der Waals surface area contributed by atoms with E-state index in [-0.39, 0.29) is 5.60 Å². The quantitative estimate of drug-likeness (QED) is 0.731. The molecule has 3 nitrogen and oxygen atoms in total. The second-order valence-corrected chi connectivity index (χ2v) is 10.4. The molecular weight excluding hydrogens is 296 g/mol. The van der Waals surface area contributed by atoms with E-state index in [2.05, 4.69) is 65.2 Å². The highest BCUT2D eigenvalue weighted by molar-refractivity contribution is 4.92. The maximum atomic E-state index is 6.14. The van der Waals surface area contributed by atoms with E-state index < -0.39 is 0 Å². The Morgan fingerprint density at radius 3 is 1.96 bits per heavy atom. The lowest BCUT2D eigenvalue weighted by atomic mass is 9.84. The molecule has 1 saturated carbocycles. The summed E-state index contributed by atoms with van der Waals surface area (Å²) in [7, 11) is 0. The normalized spacial score (nSPS) is 27.8. The zero-order valence-electron chi connectivity index (χ0n) is 17.6. The second-order valence-electron chi connectivity index (χ2n) is 10.4. The van der Waals surface area contributed by atoms with Gasteiger partial charge in [0.2, 0.25) is 0 Å². The van der Waals surface area contributed by atoms with Crippen LogP contribution in [-0.4, -0.2) is 58.8 Å². The van der Waals surface area contributed by atoms with Crippen LogP contribution in [0, 0.1) is 5.92 Å². The van der Waals surface area contributed by atoms with Gasteiger partial charge in [-0.3, -0.25) is 9.80 Å². The van der Waals surface area contributed by atoms with Crippen molar-refractivity contribution in [1.82, 2.24) is 9.80 Å². The number of likely N-dealkylation sites (tertiary alicyclic amines) is 1. The lowest BCUT2D eigenvalue weighted by molar-refractivity contribution is -0.125. The highest BCUT2D eigenvalue weighted by Gasteiger charge is 2.38. The molecule has 142 valence electrons. The van der Waals surface area contributed by atoms with Crippen LogP contribution in [0.15, 0.2) is 0 Å². The van der Waals surface area contributed by atoms with Gasteiger partial charge in [0.15, 0.2) is 0 Å². The summed E-state index contributed by atoms with van der Waals surface area (Å²) in [5.41, 5.74) is 0.326. The molecule has 2 rings (SSSR count). The second kappa shape index (κ2) is 7.63. The van der Waals surface area contributed by atoms with Gasteiger partial charge in [-0.25, -0.2) is 0 Å². The first-order valence-electron chi connectivity index (χ1n) is 10.1. The van der Waals surface area contributed by atoms with Crippen LogP contribution in [0.2, 0.25) is 0 Å². The summed E-state index contributed by atoms with van der Waals surface area (Å²) < 4.78 is 6.14. The Morgan fingerprint density at radius 1 is 1.00 bits per heavy atom. The Balaban J connectivity index is 1.79. The summed E-state index contributed by atoms with van der Waals surface area (Å²) in [5.74, 6) is 0.869. The zero-order chi connectivity index (χ0) is 18.1. The maximum Gasteiger partial charge on any atom is 0.0612 e. The predicted octanol–water partition coefficient (Wildman–Crippen LogP) is 4.55. The molecule has 1 heterocycles. The molecule has 0 aromatic carbocycles. The van der Waals surface area contributed by atoms with Crippen LogP contribution in [0.3, 0.4) is 0 Å². The van der Waals surface area contributed by atoms with E-state index in [9.17, 15) is 0 Å². The molecule has 0 atom stereocenters. The number of hydrogen-bond acceptors (Lipinski definition) is 3. The molecule has 0 spiro atoms. The zero-order valence-corrected chi connectivity index (χ0v) is 17.6. The average molecular weight is 339 g/mol. The highest BCUT2D eigenvalue weighted by Crippen LogP contribution is 2.34. The van der Waals surface area contributed by atoms with Crippen molar-refractivity contribution in [2.75, 3.05) is 19.6 Å². The minimum absolute atomic E-state index is 0.00190. The highest BCUT2D eigenvalue weighted by atomic mass is 16.5. The Hall–Kier alpha value is -0.120. The number of nitrogens with zero attached hydrogens (tertiary/aromatic N) is 2. The molecule has 1 saturated heterocycles. The first-order valence-corrected chi connectivity index (χ1v) is 10.1. The molecule has 1 aliphatic heterocycles. The molecule has 24 heavy (non-hydrogen) atoms. The minimum atomic E-state index is -0.00190. The molecule has 1 aliphatic carbocycles. The van der Waals surface area contributed by atoms with Crippen LogP contribution >= 0.6 is 0 Å². The third-order valence-electron chi connectivity index (χ3n) is 5.75. The fraction of sp³-hybridized carbons (Fsp3) is 1.00.